The fourth-order valence-electron chi connectivity index (χ4n) is 3.06. The molecule has 0 saturated heterocycles. The van der Waals surface area contributed by atoms with Gasteiger partial charge in [-0.2, -0.15) is 0 Å². The number of carbonyl (C=O) groups is 2. The Bertz CT molecular complexity index is 802. The molecule has 2 aromatic rings. The van der Waals surface area contributed by atoms with Crippen molar-refractivity contribution in [3.63, 3.8) is 0 Å². The highest BCUT2D eigenvalue weighted by Gasteiger charge is 2.28. The zero-order valence-corrected chi connectivity index (χ0v) is 17.1. The van der Waals surface area contributed by atoms with Crippen molar-refractivity contribution in [2.75, 3.05) is 7.05 Å². The summed E-state index contributed by atoms with van der Waals surface area (Å²) in [6.45, 7) is 6.37. The molecule has 2 aromatic carbocycles. The Kier molecular flexibility index (Phi) is 7.43. The van der Waals surface area contributed by atoms with Gasteiger partial charge in [0.2, 0.25) is 11.8 Å². The van der Waals surface area contributed by atoms with Crippen molar-refractivity contribution in [1.29, 1.82) is 0 Å². The molecule has 5 heteroatoms. The Morgan fingerprint density at radius 3 is 2.22 bits per heavy atom. The number of amides is 2. The highest BCUT2D eigenvalue weighted by Crippen LogP contribution is 2.17. The van der Waals surface area contributed by atoms with E-state index in [1.165, 1.54) is 5.56 Å². The van der Waals surface area contributed by atoms with Crippen LogP contribution in [0.1, 0.15) is 35.6 Å². The first kappa shape index (κ1) is 21.0. The second kappa shape index (κ2) is 9.56. The molecule has 27 heavy (non-hydrogen) atoms. The Hall–Kier alpha value is -2.33. The van der Waals surface area contributed by atoms with Crippen LogP contribution >= 0.6 is 11.6 Å². The van der Waals surface area contributed by atoms with Gasteiger partial charge < -0.3 is 10.2 Å². The molecule has 4 nitrogen and oxygen atoms in total. The molecule has 0 bridgehead atoms. The van der Waals surface area contributed by atoms with Crippen LogP contribution in [0.15, 0.2) is 42.5 Å². The molecule has 0 aliphatic heterocycles. The Balaban J connectivity index is 2.28. The molecular formula is C22H27ClN2O2. The molecule has 0 spiro atoms. The van der Waals surface area contributed by atoms with Gasteiger partial charge in [0.15, 0.2) is 0 Å². The number of aryl methyl sites for hydroxylation is 2. The molecule has 0 aliphatic carbocycles. The summed E-state index contributed by atoms with van der Waals surface area (Å²) in [5.74, 6) is -0.219. The average molecular weight is 387 g/mol. The van der Waals surface area contributed by atoms with Gasteiger partial charge in [0.1, 0.15) is 6.04 Å². The minimum absolute atomic E-state index is 0.0661. The highest BCUT2D eigenvalue weighted by molar-refractivity contribution is 6.30. The summed E-state index contributed by atoms with van der Waals surface area (Å²) in [5.41, 5.74) is 4.25. The van der Waals surface area contributed by atoms with Crippen LogP contribution in [0.2, 0.25) is 5.02 Å². The number of hydrogen-bond acceptors (Lipinski definition) is 2. The van der Waals surface area contributed by atoms with E-state index in [-0.39, 0.29) is 18.2 Å². The Labute approximate surface area is 166 Å². The lowest BCUT2D eigenvalue weighted by molar-refractivity contribution is -0.140. The van der Waals surface area contributed by atoms with Gasteiger partial charge in [0.05, 0.1) is 6.42 Å². The molecule has 1 N–H and O–H groups in total. The molecule has 2 rings (SSSR count). The van der Waals surface area contributed by atoms with Crippen LogP contribution in [0, 0.1) is 13.8 Å². The van der Waals surface area contributed by atoms with Gasteiger partial charge >= 0.3 is 0 Å². The van der Waals surface area contributed by atoms with E-state index in [0.717, 1.165) is 16.7 Å². The second-order valence-electron chi connectivity index (χ2n) is 6.78. The topological polar surface area (TPSA) is 49.4 Å². The van der Waals surface area contributed by atoms with E-state index in [1.54, 1.807) is 24.1 Å². The maximum atomic E-state index is 13.1. The molecule has 0 saturated carbocycles. The molecule has 0 unspecified atom stereocenters. The molecule has 0 aliphatic rings. The molecule has 0 heterocycles. The maximum Gasteiger partial charge on any atom is 0.242 e. The van der Waals surface area contributed by atoms with Crippen LogP contribution in [0.4, 0.5) is 0 Å². The third-order valence-electron chi connectivity index (χ3n) is 4.83. The van der Waals surface area contributed by atoms with Gasteiger partial charge in [-0.15, -0.1) is 0 Å². The van der Waals surface area contributed by atoms with Crippen molar-refractivity contribution in [2.24, 2.45) is 0 Å². The second-order valence-corrected chi connectivity index (χ2v) is 7.22. The molecular weight excluding hydrogens is 360 g/mol. The largest absolute Gasteiger partial charge is 0.357 e. The normalized spacial score (nSPS) is 11.7. The number of likely N-dealkylation sites (N-methyl/N-ethyl adjacent to an activating group) is 1. The van der Waals surface area contributed by atoms with E-state index in [0.29, 0.717) is 18.0 Å². The maximum absolute atomic E-state index is 13.1. The van der Waals surface area contributed by atoms with Gasteiger partial charge in [-0.3, -0.25) is 9.59 Å². The highest BCUT2D eigenvalue weighted by atomic mass is 35.5. The number of carbonyl (C=O) groups excluding carboxylic acids is 2. The van der Waals surface area contributed by atoms with Gasteiger partial charge in [0.25, 0.3) is 0 Å². The first-order valence-corrected chi connectivity index (χ1v) is 9.55. The third kappa shape index (κ3) is 5.57. The van der Waals surface area contributed by atoms with Crippen molar-refractivity contribution >= 4 is 23.4 Å². The lowest BCUT2D eigenvalue weighted by Gasteiger charge is -2.30. The minimum atomic E-state index is -0.510. The third-order valence-corrected chi connectivity index (χ3v) is 5.08. The van der Waals surface area contributed by atoms with Crippen molar-refractivity contribution in [2.45, 2.75) is 46.2 Å². The van der Waals surface area contributed by atoms with E-state index in [2.05, 4.69) is 5.32 Å². The van der Waals surface area contributed by atoms with Gasteiger partial charge in [0, 0.05) is 18.6 Å². The summed E-state index contributed by atoms with van der Waals surface area (Å²) < 4.78 is 0. The standard InChI is InChI=1S/C22H27ClN2O2/c1-5-20(22(27)24-4)25(14-17-8-10-19(23)11-9-17)21(26)13-18-7-6-15(2)16(3)12-18/h6-12,20H,5,13-14H2,1-4H3,(H,24,27)/t20-/m0/s1. The lowest BCUT2D eigenvalue weighted by atomic mass is 10.0. The van der Waals surface area contributed by atoms with Crippen molar-refractivity contribution in [3.05, 3.63) is 69.7 Å². The van der Waals surface area contributed by atoms with Crippen molar-refractivity contribution < 1.29 is 9.59 Å². The van der Waals surface area contributed by atoms with Crippen LogP contribution in [-0.2, 0) is 22.6 Å². The number of hydrogen-bond donors (Lipinski definition) is 1. The van der Waals surface area contributed by atoms with Crippen LogP contribution in [0.5, 0.6) is 0 Å². The van der Waals surface area contributed by atoms with Gasteiger partial charge in [-0.05, 0) is 54.7 Å². The number of halogens is 1. The number of benzene rings is 2. The summed E-state index contributed by atoms with van der Waals surface area (Å²) in [7, 11) is 1.60. The molecule has 1 atom stereocenters. The molecule has 0 fully saturated rings. The monoisotopic (exact) mass is 386 g/mol. The SMILES string of the molecule is CC[C@@H](C(=O)NC)N(Cc1ccc(Cl)cc1)C(=O)Cc1ccc(C)c(C)c1. The molecule has 144 valence electrons. The first-order valence-electron chi connectivity index (χ1n) is 9.17. The van der Waals surface area contributed by atoms with Crippen molar-refractivity contribution in [3.8, 4) is 0 Å². The molecule has 2 amide bonds. The number of nitrogens with zero attached hydrogens (tertiary/aromatic N) is 1. The quantitative estimate of drug-likeness (QED) is 0.780. The minimum Gasteiger partial charge on any atom is -0.357 e. The predicted octanol–water partition coefficient (Wildman–Crippen LogP) is 4.05. The smallest absolute Gasteiger partial charge is 0.242 e. The van der Waals surface area contributed by atoms with E-state index in [1.807, 2.05) is 51.1 Å². The first-order chi connectivity index (χ1) is 12.8. The lowest BCUT2D eigenvalue weighted by Crippen LogP contribution is -2.48. The van der Waals surface area contributed by atoms with Crippen LogP contribution < -0.4 is 5.32 Å². The summed E-state index contributed by atoms with van der Waals surface area (Å²) in [6.07, 6.45) is 0.814. The summed E-state index contributed by atoms with van der Waals surface area (Å²) in [4.78, 5) is 27.1. The fourth-order valence-corrected chi connectivity index (χ4v) is 3.19. The summed E-state index contributed by atoms with van der Waals surface area (Å²) in [6, 6.07) is 12.9. The van der Waals surface area contributed by atoms with Crippen molar-refractivity contribution in [1.82, 2.24) is 10.2 Å². The summed E-state index contributed by atoms with van der Waals surface area (Å²) in [5, 5.41) is 3.32. The average Bonchev–Trinajstić information content (AvgIpc) is 2.65. The summed E-state index contributed by atoms with van der Waals surface area (Å²) >= 11 is 5.96. The Morgan fingerprint density at radius 1 is 1.04 bits per heavy atom. The van der Waals surface area contributed by atoms with E-state index in [9.17, 15) is 9.59 Å². The predicted molar refractivity (Wildman–Crippen MR) is 110 cm³/mol. The van der Waals surface area contributed by atoms with Gasteiger partial charge in [-0.25, -0.2) is 0 Å². The van der Waals surface area contributed by atoms with E-state index >= 15 is 0 Å². The van der Waals surface area contributed by atoms with E-state index in [4.69, 9.17) is 11.6 Å². The van der Waals surface area contributed by atoms with Crippen LogP contribution in [0.25, 0.3) is 0 Å². The van der Waals surface area contributed by atoms with Crippen LogP contribution in [0.3, 0.4) is 0 Å². The zero-order chi connectivity index (χ0) is 20.0. The number of rotatable bonds is 7. The zero-order valence-electron chi connectivity index (χ0n) is 16.4. The molecule has 0 aromatic heterocycles. The van der Waals surface area contributed by atoms with Gasteiger partial charge in [-0.1, -0.05) is 48.9 Å². The van der Waals surface area contributed by atoms with Crippen LogP contribution in [-0.4, -0.2) is 29.8 Å². The number of nitrogens with one attached hydrogen (secondary N) is 1. The molecule has 0 radical (unpaired) electrons. The Morgan fingerprint density at radius 2 is 1.67 bits per heavy atom. The van der Waals surface area contributed by atoms with E-state index < -0.39 is 6.04 Å². The fraction of sp³-hybridized carbons (Fsp3) is 0.364.